The van der Waals surface area contributed by atoms with Crippen molar-refractivity contribution >= 4 is 44.6 Å². The molecule has 2 heterocycles. The molecule has 6 nitrogen and oxygen atoms in total. The number of benzene rings is 1. The van der Waals surface area contributed by atoms with E-state index in [9.17, 15) is 13.2 Å². The van der Waals surface area contributed by atoms with Gasteiger partial charge in [0.25, 0.3) is 5.91 Å². The first kappa shape index (κ1) is 17.9. The number of sulfonamides is 1. The van der Waals surface area contributed by atoms with Crippen LogP contribution in [0.25, 0.3) is 0 Å². The van der Waals surface area contributed by atoms with E-state index in [1.807, 2.05) is 17.5 Å². The molecule has 0 unspecified atom stereocenters. The summed E-state index contributed by atoms with van der Waals surface area (Å²) in [5.41, 5.74) is 0.355. The van der Waals surface area contributed by atoms with Crippen LogP contribution in [-0.4, -0.2) is 31.8 Å². The van der Waals surface area contributed by atoms with Crippen LogP contribution in [0.1, 0.15) is 4.88 Å². The first-order valence-electron chi connectivity index (χ1n) is 7.31. The lowest BCUT2D eigenvalue weighted by molar-refractivity contribution is -0.118. The fourth-order valence-electron chi connectivity index (χ4n) is 2.39. The van der Waals surface area contributed by atoms with Gasteiger partial charge in [0.1, 0.15) is 10.6 Å². The number of nitrogens with zero attached hydrogens (tertiary/aromatic N) is 1. The zero-order valence-electron chi connectivity index (χ0n) is 13.1. The quantitative estimate of drug-likeness (QED) is 0.758. The third-order valence-electron chi connectivity index (χ3n) is 3.53. The van der Waals surface area contributed by atoms with Crippen LogP contribution in [0.4, 0.5) is 5.69 Å². The van der Waals surface area contributed by atoms with Crippen molar-refractivity contribution in [1.29, 1.82) is 0 Å². The first-order valence-corrected chi connectivity index (χ1v) is 10.0. The number of hydrogen-bond donors (Lipinski definition) is 1. The Labute approximate surface area is 154 Å². The Balaban J connectivity index is 2.00. The van der Waals surface area contributed by atoms with Crippen LogP contribution in [0.5, 0.6) is 5.75 Å². The van der Waals surface area contributed by atoms with Crippen molar-refractivity contribution in [3.63, 3.8) is 0 Å². The monoisotopic (exact) mass is 398 g/mol. The second-order valence-electron chi connectivity index (χ2n) is 5.28. The summed E-state index contributed by atoms with van der Waals surface area (Å²) in [6.45, 7) is 3.83. The molecule has 0 saturated heterocycles. The van der Waals surface area contributed by atoms with E-state index in [4.69, 9.17) is 16.3 Å². The summed E-state index contributed by atoms with van der Waals surface area (Å²) in [7, 11) is -3.87. The summed E-state index contributed by atoms with van der Waals surface area (Å²) in [5.74, 6) is -0.0394. The highest BCUT2D eigenvalue weighted by atomic mass is 35.5. The van der Waals surface area contributed by atoms with Crippen molar-refractivity contribution in [3.8, 4) is 5.75 Å². The molecule has 2 aromatic rings. The molecule has 25 heavy (non-hydrogen) atoms. The van der Waals surface area contributed by atoms with Gasteiger partial charge in [-0.15, -0.1) is 17.9 Å². The van der Waals surface area contributed by atoms with Crippen molar-refractivity contribution in [1.82, 2.24) is 4.31 Å². The number of nitrogens with one attached hydrogen (secondary N) is 1. The van der Waals surface area contributed by atoms with Crippen molar-refractivity contribution < 1.29 is 17.9 Å². The number of thiophene rings is 1. The second-order valence-corrected chi connectivity index (χ2v) is 8.63. The van der Waals surface area contributed by atoms with E-state index < -0.39 is 10.0 Å². The first-order chi connectivity index (χ1) is 11.9. The van der Waals surface area contributed by atoms with Gasteiger partial charge < -0.3 is 10.1 Å². The van der Waals surface area contributed by atoms with Gasteiger partial charge in [0.2, 0.25) is 10.0 Å². The van der Waals surface area contributed by atoms with E-state index in [1.54, 1.807) is 0 Å². The van der Waals surface area contributed by atoms with E-state index in [0.717, 1.165) is 4.88 Å². The lowest BCUT2D eigenvalue weighted by Gasteiger charge is -2.23. The number of hydrogen-bond acceptors (Lipinski definition) is 5. The molecule has 0 spiro atoms. The zero-order chi connectivity index (χ0) is 18.0. The number of rotatable bonds is 6. The maximum atomic E-state index is 13.1. The van der Waals surface area contributed by atoms with Crippen LogP contribution in [-0.2, 0) is 21.4 Å². The van der Waals surface area contributed by atoms with Gasteiger partial charge in [-0.2, -0.15) is 4.31 Å². The van der Waals surface area contributed by atoms with E-state index >= 15 is 0 Å². The number of anilines is 1. The van der Waals surface area contributed by atoms with Gasteiger partial charge in [0, 0.05) is 24.0 Å². The number of ether oxygens (including phenoxy) is 1. The summed E-state index contributed by atoms with van der Waals surface area (Å²) >= 11 is 7.65. The number of carbonyl (C=O) groups excluding carboxylic acids is 1. The van der Waals surface area contributed by atoms with E-state index in [1.165, 1.54) is 33.9 Å². The zero-order valence-corrected chi connectivity index (χ0v) is 15.5. The van der Waals surface area contributed by atoms with Crippen LogP contribution < -0.4 is 10.1 Å². The summed E-state index contributed by atoms with van der Waals surface area (Å²) in [6, 6.07) is 6.46. The van der Waals surface area contributed by atoms with Gasteiger partial charge in [-0.1, -0.05) is 23.7 Å². The SMILES string of the molecule is C=CCN(Cc1cccs1)S(=O)(=O)c1cc2c(cc1Cl)NC(=O)CO2. The summed E-state index contributed by atoms with van der Waals surface area (Å²) in [5, 5.41) is 4.50. The second kappa shape index (κ2) is 7.17. The molecule has 1 aromatic carbocycles. The average Bonchev–Trinajstić information content (AvgIpc) is 3.06. The minimum absolute atomic E-state index is 0.0183. The molecule has 9 heteroatoms. The lowest BCUT2D eigenvalue weighted by atomic mass is 10.2. The van der Waals surface area contributed by atoms with Crippen LogP contribution in [0, 0.1) is 0 Å². The Bertz CT molecular complexity index is 910. The van der Waals surface area contributed by atoms with Crippen molar-refractivity contribution in [2.24, 2.45) is 0 Å². The molecule has 1 aliphatic rings. The molecule has 0 atom stereocenters. The normalized spacial score (nSPS) is 13.9. The van der Waals surface area contributed by atoms with Crippen LogP contribution >= 0.6 is 22.9 Å². The molecule has 0 fully saturated rings. The predicted molar refractivity (Wildman–Crippen MR) is 97.7 cm³/mol. The lowest BCUT2D eigenvalue weighted by Crippen LogP contribution is -2.31. The predicted octanol–water partition coefficient (Wildman–Crippen LogP) is 3.11. The van der Waals surface area contributed by atoms with Gasteiger partial charge in [0.05, 0.1) is 10.7 Å². The molecule has 0 aliphatic carbocycles. The highest BCUT2D eigenvalue weighted by Gasteiger charge is 2.29. The van der Waals surface area contributed by atoms with E-state index in [-0.39, 0.29) is 41.3 Å². The average molecular weight is 399 g/mol. The summed E-state index contributed by atoms with van der Waals surface area (Å²) < 4.78 is 32.7. The summed E-state index contributed by atoms with van der Waals surface area (Å²) in [6.07, 6.45) is 1.52. The van der Waals surface area contributed by atoms with Gasteiger partial charge in [-0.05, 0) is 17.5 Å². The maximum absolute atomic E-state index is 13.1. The third-order valence-corrected chi connectivity index (χ3v) is 6.67. The molecule has 0 saturated carbocycles. The number of halogens is 1. The molecule has 1 amide bonds. The van der Waals surface area contributed by atoms with Crippen molar-refractivity contribution in [2.75, 3.05) is 18.5 Å². The van der Waals surface area contributed by atoms with Crippen LogP contribution in [0.15, 0.2) is 47.2 Å². The minimum Gasteiger partial charge on any atom is -0.482 e. The number of carbonyl (C=O) groups is 1. The molecule has 1 aliphatic heterocycles. The molecular formula is C16H15ClN2O4S2. The van der Waals surface area contributed by atoms with Gasteiger partial charge in [-0.25, -0.2) is 8.42 Å². The fraction of sp³-hybridized carbons (Fsp3) is 0.188. The van der Waals surface area contributed by atoms with Crippen molar-refractivity contribution in [2.45, 2.75) is 11.4 Å². The van der Waals surface area contributed by atoms with Crippen LogP contribution in [0.3, 0.4) is 0 Å². The summed E-state index contributed by atoms with van der Waals surface area (Å²) in [4.78, 5) is 12.2. The Morgan fingerprint density at radius 1 is 1.44 bits per heavy atom. The Morgan fingerprint density at radius 3 is 2.92 bits per heavy atom. The number of amides is 1. The van der Waals surface area contributed by atoms with Gasteiger partial charge >= 0.3 is 0 Å². The standard InChI is InChI=1S/C16H15ClN2O4S2/c1-2-5-19(9-11-4-3-6-24-11)25(21,22)15-8-14-13(7-12(15)17)18-16(20)10-23-14/h2-4,6-8H,1,5,9-10H2,(H,18,20). The largest absolute Gasteiger partial charge is 0.482 e. The Morgan fingerprint density at radius 2 is 2.24 bits per heavy atom. The molecule has 0 radical (unpaired) electrons. The molecular weight excluding hydrogens is 384 g/mol. The van der Waals surface area contributed by atoms with E-state index in [2.05, 4.69) is 11.9 Å². The molecule has 1 aromatic heterocycles. The van der Waals surface area contributed by atoms with E-state index in [0.29, 0.717) is 5.69 Å². The molecule has 132 valence electrons. The topological polar surface area (TPSA) is 75.7 Å². The van der Waals surface area contributed by atoms with Gasteiger partial charge in [-0.3, -0.25) is 4.79 Å². The highest BCUT2D eigenvalue weighted by Crippen LogP contribution is 2.37. The van der Waals surface area contributed by atoms with Crippen LogP contribution in [0.2, 0.25) is 5.02 Å². The Hall–Kier alpha value is -1.87. The minimum atomic E-state index is -3.87. The number of fused-ring (bicyclic) bond motifs is 1. The maximum Gasteiger partial charge on any atom is 0.262 e. The third kappa shape index (κ3) is 3.72. The van der Waals surface area contributed by atoms with Crippen molar-refractivity contribution in [3.05, 3.63) is 52.2 Å². The molecule has 0 bridgehead atoms. The Kier molecular flexibility index (Phi) is 5.14. The highest BCUT2D eigenvalue weighted by molar-refractivity contribution is 7.89. The molecule has 1 N–H and O–H groups in total. The molecule has 3 rings (SSSR count). The smallest absolute Gasteiger partial charge is 0.262 e. The fourth-order valence-corrected chi connectivity index (χ4v) is 5.09. The van der Waals surface area contributed by atoms with Gasteiger partial charge in [0.15, 0.2) is 6.61 Å².